The van der Waals surface area contributed by atoms with Crippen molar-refractivity contribution in [3.05, 3.63) is 74.8 Å². The first-order chi connectivity index (χ1) is 15.8. The molecule has 1 fully saturated rings. The molecule has 3 aromatic rings. The average molecular weight is 485 g/mol. The van der Waals surface area contributed by atoms with Crippen molar-refractivity contribution in [2.24, 2.45) is 0 Å². The number of ketones is 1. The number of ether oxygens (including phenoxy) is 2. The van der Waals surface area contributed by atoms with Gasteiger partial charge in [-0.2, -0.15) is 0 Å². The predicted molar refractivity (Wildman–Crippen MR) is 127 cm³/mol. The number of rotatable bonds is 5. The number of methoxy groups -OCH3 is 2. The van der Waals surface area contributed by atoms with Gasteiger partial charge in [0.2, 0.25) is 0 Å². The Kier molecular flexibility index (Phi) is 6.14. The van der Waals surface area contributed by atoms with Crippen LogP contribution in [0, 0.1) is 13.8 Å². The van der Waals surface area contributed by atoms with Crippen LogP contribution in [-0.4, -0.2) is 36.0 Å². The molecule has 0 saturated carbocycles. The molecule has 4 rings (SSSR count). The van der Waals surface area contributed by atoms with Crippen molar-refractivity contribution in [3.8, 4) is 11.5 Å². The van der Waals surface area contributed by atoms with E-state index in [9.17, 15) is 14.7 Å². The van der Waals surface area contributed by atoms with Crippen LogP contribution in [0.15, 0.2) is 48.0 Å². The average Bonchev–Trinajstić information content (AvgIpc) is 3.28. The van der Waals surface area contributed by atoms with E-state index in [0.29, 0.717) is 22.2 Å². The van der Waals surface area contributed by atoms with E-state index in [1.165, 1.54) is 36.5 Å². The molecule has 1 amide bonds. The fourth-order valence-corrected chi connectivity index (χ4v) is 4.88. The number of thiazole rings is 1. The highest BCUT2D eigenvalue weighted by molar-refractivity contribution is 7.16. The number of aromatic nitrogens is 1. The normalized spacial score (nSPS) is 17.5. The zero-order valence-electron chi connectivity index (χ0n) is 18.4. The van der Waals surface area contributed by atoms with Crippen molar-refractivity contribution in [2.45, 2.75) is 19.9 Å². The second-order valence-electron chi connectivity index (χ2n) is 7.43. The largest absolute Gasteiger partial charge is 0.507 e. The molecule has 0 unspecified atom stereocenters. The zero-order chi connectivity index (χ0) is 23.9. The fraction of sp³-hybridized carbons (Fsp3) is 0.208. The Balaban J connectivity index is 1.95. The summed E-state index contributed by atoms with van der Waals surface area (Å²) in [6, 6.07) is 10.8. The second kappa shape index (κ2) is 8.88. The smallest absolute Gasteiger partial charge is 0.301 e. The first-order valence-electron chi connectivity index (χ1n) is 9.99. The highest BCUT2D eigenvalue weighted by Crippen LogP contribution is 2.44. The Hall–Kier alpha value is -3.36. The number of hydrogen-bond acceptors (Lipinski definition) is 7. The van der Waals surface area contributed by atoms with E-state index in [1.54, 1.807) is 36.4 Å². The molecule has 1 aliphatic heterocycles. The molecule has 33 heavy (non-hydrogen) atoms. The van der Waals surface area contributed by atoms with Gasteiger partial charge in [-0.05, 0) is 49.7 Å². The van der Waals surface area contributed by atoms with Crippen molar-refractivity contribution >= 4 is 45.5 Å². The Morgan fingerprint density at radius 2 is 1.88 bits per heavy atom. The number of anilines is 1. The van der Waals surface area contributed by atoms with Crippen molar-refractivity contribution in [1.29, 1.82) is 0 Å². The van der Waals surface area contributed by atoms with Gasteiger partial charge in [-0.15, -0.1) is 11.3 Å². The molecule has 1 N–H and O–H groups in total. The highest BCUT2D eigenvalue weighted by Gasteiger charge is 2.48. The molecule has 0 spiro atoms. The summed E-state index contributed by atoms with van der Waals surface area (Å²) in [5.41, 5.74) is 1.60. The summed E-state index contributed by atoms with van der Waals surface area (Å²) in [5, 5.41) is 11.9. The number of nitrogens with zero attached hydrogens (tertiary/aromatic N) is 2. The molecule has 0 bridgehead atoms. The Bertz CT molecular complexity index is 1280. The number of aryl methyl sites for hydroxylation is 2. The molecule has 2 aromatic carbocycles. The number of aliphatic hydroxyl groups excluding tert-OH is 1. The molecule has 1 aromatic heterocycles. The maximum absolute atomic E-state index is 13.2. The molecule has 9 heteroatoms. The standard InChI is InChI=1S/C24H21ClN2O5S/c1-12-13(2)33-24(26-12)27-20(14-6-5-7-16(10-14)31-3)19(22(29)23(27)30)21(28)15-8-9-18(32-4)17(25)11-15/h5-11,20,28H,1-4H3/b21-19+/t20-/m1/s1. The molecule has 0 aliphatic carbocycles. The van der Waals surface area contributed by atoms with Crippen LogP contribution in [0.4, 0.5) is 5.13 Å². The number of aliphatic hydroxyl groups is 1. The second-order valence-corrected chi connectivity index (χ2v) is 9.02. The van der Waals surface area contributed by atoms with Crippen LogP contribution < -0.4 is 14.4 Å². The van der Waals surface area contributed by atoms with Crippen LogP contribution in [0.3, 0.4) is 0 Å². The number of hydrogen-bond donors (Lipinski definition) is 1. The molecular formula is C24H21ClN2O5S. The van der Waals surface area contributed by atoms with Crippen molar-refractivity contribution in [1.82, 2.24) is 4.98 Å². The Morgan fingerprint density at radius 1 is 1.12 bits per heavy atom. The molecule has 1 atom stereocenters. The van der Waals surface area contributed by atoms with Crippen LogP contribution in [0.25, 0.3) is 5.76 Å². The number of Topliss-reactive ketones (excluding diaryl/α,β-unsaturated/α-hetero) is 1. The van der Waals surface area contributed by atoms with Gasteiger partial charge in [-0.25, -0.2) is 4.98 Å². The summed E-state index contributed by atoms with van der Waals surface area (Å²) in [6.07, 6.45) is 0. The van der Waals surface area contributed by atoms with E-state index in [1.807, 2.05) is 13.8 Å². The van der Waals surface area contributed by atoms with Crippen LogP contribution in [0.1, 0.15) is 27.7 Å². The minimum atomic E-state index is -0.897. The van der Waals surface area contributed by atoms with Crippen LogP contribution in [0.2, 0.25) is 5.02 Å². The highest BCUT2D eigenvalue weighted by atomic mass is 35.5. The van der Waals surface area contributed by atoms with Crippen LogP contribution in [-0.2, 0) is 9.59 Å². The first-order valence-corrected chi connectivity index (χ1v) is 11.2. The maximum Gasteiger partial charge on any atom is 0.301 e. The summed E-state index contributed by atoms with van der Waals surface area (Å²) >= 11 is 7.55. The van der Waals surface area contributed by atoms with Crippen LogP contribution >= 0.6 is 22.9 Å². The maximum atomic E-state index is 13.2. The molecular weight excluding hydrogens is 464 g/mol. The van der Waals surface area contributed by atoms with Gasteiger partial charge in [0.15, 0.2) is 5.13 Å². The van der Waals surface area contributed by atoms with E-state index < -0.39 is 17.7 Å². The van der Waals surface area contributed by atoms with Gasteiger partial charge in [-0.3, -0.25) is 14.5 Å². The number of benzene rings is 2. The number of carbonyl (C=O) groups is 2. The first kappa shape index (κ1) is 22.8. The third-order valence-electron chi connectivity index (χ3n) is 5.50. The topological polar surface area (TPSA) is 89.0 Å². The van der Waals surface area contributed by atoms with E-state index in [-0.39, 0.29) is 21.9 Å². The minimum Gasteiger partial charge on any atom is -0.507 e. The summed E-state index contributed by atoms with van der Waals surface area (Å²) in [6.45, 7) is 3.73. The predicted octanol–water partition coefficient (Wildman–Crippen LogP) is 5.06. The van der Waals surface area contributed by atoms with Crippen LogP contribution in [0.5, 0.6) is 11.5 Å². The van der Waals surface area contributed by atoms with Gasteiger partial charge >= 0.3 is 5.91 Å². The summed E-state index contributed by atoms with van der Waals surface area (Å²) in [4.78, 5) is 33.2. The number of amides is 1. The van der Waals surface area contributed by atoms with Gasteiger partial charge in [-0.1, -0.05) is 23.7 Å². The summed E-state index contributed by atoms with van der Waals surface area (Å²) < 4.78 is 10.5. The van der Waals surface area contributed by atoms with Gasteiger partial charge < -0.3 is 14.6 Å². The van der Waals surface area contributed by atoms with E-state index >= 15 is 0 Å². The van der Waals surface area contributed by atoms with Crippen molar-refractivity contribution in [3.63, 3.8) is 0 Å². The van der Waals surface area contributed by atoms with Crippen molar-refractivity contribution in [2.75, 3.05) is 19.1 Å². The summed E-state index contributed by atoms with van der Waals surface area (Å²) in [7, 11) is 3.01. The molecule has 1 aliphatic rings. The van der Waals surface area contributed by atoms with Gasteiger partial charge in [0, 0.05) is 10.4 Å². The van der Waals surface area contributed by atoms with E-state index in [4.69, 9.17) is 21.1 Å². The number of carbonyl (C=O) groups excluding carboxylic acids is 2. The Morgan fingerprint density at radius 3 is 2.48 bits per heavy atom. The molecule has 1 saturated heterocycles. The number of halogens is 1. The lowest BCUT2D eigenvalue weighted by molar-refractivity contribution is -0.132. The third kappa shape index (κ3) is 3.96. The SMILES string of the molecule is COc1cccc([C@@H]2/C(=C(\O)c3ccc(OC)c(Cl)c3)C(=O)C(=O)N2c2nc(C)c(C)s2)c1. The third-order valence-corrected chi connectivity index (χ3v) is 6.87. The molecule has 7 nitrogen and oxygen atoms in total. The molecule has 170 valence electrons. The fourth-order valence-electron chi connectivity index (χ4n) is 3.68. The lowest BCUT2D eigenvalue weighted by Crippen LogP contribution is -2.29. The minimum absolute atomic E-state index is 0.0556. The van der Waals surface area contributed by atoms with Gasteiger partial charge in [0.25, 0.3) is 5.78 Å². The monoisotopic (exact) mass is 484 g/mol. The van der Waals surface area contributed by atoms with E-state index in [0.717, 1.165) is 10.6 Å². The zero-order valence-corrected chi connectivity index (χ0v) is 20.0. The lowest BCUT2D eigenvalue weighted by Gasteiger charge is -2.23. The van der Waals surface area contributed by atoms with E-state index in [2.05, 4.69) is 4.98 Å². The van der Waals surface area contributed by atoms with Gasteiger partial charge in [0.1, 0.15) is 17.3 Å². The summed E-state index contributed by atoms with van der Waals surface area (Å²) in [5.74, 6) is -0.933. The molecule has 0 radical (unpaired) electrons. The Labute approximate surface area is 199 Å². The van der Waals surface area contributed by atoms with Gasteiger partial charge in [0.05, 0.1) is 36.6 Å². The lowest BCUT2D eigenvalue weighted by atomic mass is 9.95. The van der Waals surface area contributed by atoms with Crippen molar-refractivity contribution < 1.29 is 24.2 Å². The quantitative estimate of drug-likeness (QED) is 0.309. The molecule has 2 heterocycles.